The molecule has 0 bridgehead atoms. The molecule has 6 N–H and O–H groups in total. The molecule has 258 valence electrons. The highest BCUT2D eigenvalue weighted by Crippen LogP contribution is 2.23. The van der Waals surface area contributed by atoms with Crippen molar-refractivity contribution in [3.63, 3.8) is 0 Å². The second-order valence-corrected chi connectivity index (χ2v) is 14.5. The number of benzene rings is 3. The van der Waals surface area contributed by atoms with Crippen LogP contribution in [-0.4, -0.2) is 79.2 Å². The number of nitrogens with one attached hydrogen (secondary N) is 5. The van der Waals surface area contributed by atoms with Gasteiger partial charge in [0.15, 0.2) is 5.95 Å². The van der Waals surface area contributed by atoms with Crippen LogP contribution in [0.2, 0.25) is 0 Å². The summed E-state index contributed by atoms with van der Waals surface area (Å²) in [4.78, 5) is 31.9. The topological polar surface area (TPSA) is 217 Å². The highest BCUT2D eigenvalue weighted by Gasteiger charge is 2.26. The fraction of sp³-hybridized carbons (Fsp3) is 0.250. The number of hydrogen-bond acceptors (Lipinski definition) is 9. The number of aliphatic carboxylic acids is 1. The molecule has 5 aromatic rings. The molecule has 0 saturated carbocycles. The summed E-state index contributed by atoms with van der Waals surface area (Å²) >= 11 is 0. The molecule has 1 amide bonds. The summed E-state index contributed by atoms with van der Waals surface area (Å²) in [5.74, 6) is -1.36. The Hall–Kier alpha value is -5.10. The van der Waals surface area contributed by atoms with Crippen molar-refractivity contribution in [3.8, 4) is 11.1 Å². The first kappa shape index (κ1) is 35.2. The van der Waals surface area contributed by atoms with Gasteiger partial charge in [-0.1, -0.05) is 31.2 Å². The fourth-order valence-electron chi connectivity index (χ4n) is 4.91. The van der Waals surface area contributed by atoms with Gasteiger partial charge in [0.1, 0.15) is 6.04 Å². The lowest BCUT2D eigenvalue weighted by Crippen LogP contribution is -2.48. The number of imidazole rings is 1. The molecule has 0 saturated heterocycles. The lowest BCUT2D eigenvalue weighted by Gasteiger charge is -2.16. The van der Waals surface area contributed by atoms with Crippen molar-refractivity contribution >= 4 is 48.8 Å². The van der Waals surface area contributed by atoms with Crippen molar-refractivity contribution in [1.29, 1.82) is 0 Å². The smallest absolute Gasteiger partial charge is 0.323 e. The van der Waals surface area contributed by atoms with Crippen molar-refractivity contribution in [2.75, 3.05) is 25.0 Å². The predicted octanol–water partition coefficient (Wildman–Crippen LogP) is 2.78. The highest BCUT2D eigenvalue weighted by atomic mass is 32.2. The molecule has 2 heterocycles. The van der Waals surface area contributed by atoms with Gasteiger partial charge in [0.25, 0.3) is 5.91 Å². The quantitative estimate of drug-likeness (QED) is 0.0777. The molecule has 17 heteroatoms. The van der Waals surface area contributed by atoms with Gasteiger partial charge in [-0.25, -0.2) is 26.5 Å². The van der Waals surface area contributed by atoms with Gasteiger partial charge in [-0.2, -0.15) is 9.82 Å². The van der Waals surface area contributed by atoms with Gasteiger partial charge < -0.3 is 20.7 Å². The number of aromatic amines is 1. The zero-order valence-electron chi connectivity index (χ0n) is 26.5. The first-order valence-corrected chi connectivity index (χ1v) is 18.4. The van der Waals surface area contributed by atoms with E-state index in [4.69, 9.17) is 0 Å². The number of nitrogens with zero attached hydrogens (tertiary/aromatic N) is 3. The fourth-order valence-corrected chi connectivity index (χ4v) is 7.23. The standard InChI is InChI=1S/C32H36N8O7S2/c1-2-14-38-48(44,45)26-9-4-22(5-10-26)23-6-11-27(12-7-23)49(46,47)39-28(31(42)43)21-36-30(41)24-8-13-29-25(19-24)20-37-40(29)18-3-15-33-32-34-16-17-35-32/h4-13,16-17,19-20,28,38-39H,2-3,14-15,18,21H2,1H3,(H,36,41)(H,42,43)(H2,33,34,35). The van der Waals surface area contributed by atoms with Gasteiger partial charge in [-0.3, -0.25) is 14.3 Å². The van der Waals surface area contributed by atoms with Crippen LogP contribution < -0.4 is 20.1 Å². The Bertz CT molecular complexity index is 2120. The van der Waals surface area contributed by atoms with E-state index in [1.165, 1.54) is 36.4 Å². The third-order valence-corrected chi connectivity index (χ3v) is 10.5. The van der Waals surface area contributed by atoms with Crippen LogP contribution in [0.4, 0.5) is 5.95 Å². The number of H-pyrrole nitrogens is 1. The molecule has 0 radical (unpaired) electrons. The average Bonchev–Trinajstić information content (AvgIpc) is 3.77. The summed E-state index contributed by atoms with van der Waals surface area (Å²) in [6.45, 7) is 2.98. The SMILES string of the molecule is CCCNS(=O)(=O)c1ccc(-c2ccc(S(=O)(=O)NC(CNC(=O)c3ccc4c(cnn4CCCNc4ncc[nH]4)c3)C(=O)O)cc2)cc1. The van der Waals surface area contributed by atoms with E-state index in [0.29, 0.717) is 43.1 Å². The molecule has 1 unspecified atom stereocenters. The molecule has 0 aliphatic carbocycles. The lowest BCUT2D eigenvalue weighted by atomic mass is 10.1. The molecule has 2 aromatic heterocycles. The van der Waals surface area contributed by atoms with E-state index in [9.17, 15) is 31.5 Å². The molecule has 0 spiro atoms. The van der Waals surface area contributed by atoms with E-state index in [2.05, 4.69) is 35.1 Å². The van der Waals surface area contributed by atoms with Crippen LogP contribution in [0.5, 0.6) is 0 Å². The molecule has 0 fully saturated rings. The number of aryl methyl sites for hydroxylation is 1. The van der Waals surface area contributed by atoms with E-state index >= 15 is 0 Å². The van der Waals surface area contributed by atoms with E-state index in [-0.39, 0.29) is 15.4 Å². The number of fused-ring (bicyclic) bond motifs is 1. The number of carbonyl (C=O) groups excluding carboxylic acids is 1. The largest absolute Gasteiger partial charge is 0.480 e. The molecular formula is C32H36N8O7S2. The minimum Gasteiger partial charge on any atom is -0.480 e. The molecule has 1 atom stereocenters. The minimum absolute atomic E-state index is 0.109. The number of hydrogen-bond donors (Lipinski definition) is 6. The maximum Gasteiger partial charge on any atom is 0.323 e. The Balaban J connectivity index is 1.17. The molecule has 15 nitrogen and oxygen atoms in total. The molecule has 5 rings (SSSR count). The highest BCUT2D eigenvalue weighted by molar-refractivity contribution is 7.89. The Morgan fingerprint density at radius 2 is 1.59 bits per heavy atom. The van der Waals surface area contributed by atoms with Crippen molar-refractivity contribution < 1.29 is 31.5 Å². The third-order valence-electron chi connectivity index (χ3n) is 7.51. The van der Waals surface area contributed by atoms with Crippen LogP contribution in [0.3, 0.4) is 0 Å². The maximum atomic E-state index is 13.1. The van der Waals surface area contributed by atoms with Crippen molar-refractivity contribution in [3.05, 3.63) is 90.9 Å². The van der Waals surface area contributed by atoms with Crippen LogP contribution >= 0.6 is 0 Å². The lowest BCUT2D eigenvalue weighted by molar-refractivity contribution is -0.138. The Morgan fingerprint density at radius 1 is 0.918 bits per heavy atom. The molecule has 3 aromatic carbocycles. The second kappa shape index (κ2) is 15.4. The van der Waals surface area contributed by atoms with E-state index < -0.39 is 44.5 Å². The zero-order valence-corrected chi connectivity index (χ0v) is 28.1. The van der Waals surface area contributed by atoms with Crippen LogP contribution in [0.15, 0.2) is 95.1 Å². The number of carboxylic acid groups (broad SMARTS) is 1. The van der Waals surface area contributed by atoms with Gasteiger partial charge in [-0.15, -0.1) is 0 Å². The molecule has 0 aliphatic rings. The number of amides is 1. The van der Waals surface area contributed by atoms with Gasteiger partial charge in [0, 0.05) is 49.5 Å². The van der Waals surface area contributed by atoms with Crippen LogP contribution in [-0.2, 0) is 31.4 Å². The molecular weight excluding hydrogens is 673 g/mol. The number of carboxylic acids is 1. The van der Waals surface area contributed by atoms with Gasteiger partial charge in [0.05, 0.1) is 21.5 Å². The maximum absolute atomic E-state index is 13.1. The molecule has 49 heavy (non-hydrogen) atoms. The van der Waals surface area contributed by atoms with Crippen LogP contribution in [0.25, 0.3) is 22.0 Å². The molecule has 0 aliphatic heterocycles. The summed E-state index contributed by atoms with van der Waals surface area (Å²) in [7, 11) is -7.92. The summed E-state index contributed by atoms with van der Waals surface area (Å²) in [6, 6.07) is 15.1. The van der Waals surface area contributed by atoms with Crippen molar-refractivity contribution in [2.24, 2.45) is 0 Å². The Morgan fingerprint density at radius 3 is 2.20 bits per heavy atom. The first-order chi connectivity index (χ1) is 23.5. The number of rotatable bonds is 17. The second-order valence-electron chi connectivity index (χ2n) is 11.0. The summed E-state index contributed by atoms with van der Waals surface area (Å²) < 4.78 is 57.3. The Labute approximate surface area is 283 Å². The summed E-state index contributed by atoms with van der Waals surface area (Å²) in [5.41, 5.74) is 2.36. The van der Waals surface area contributed by atoms with E-state index in [1.54, 1.807) is 48.9 Å². The number of sulfonamides is 2. The van der Waals surface area contributed by atoms with Crippen molar-refractivity contribution in [1.82, 2.24) is 34.5 Å². The van der Waals surface area contributed by atoms with E-state index in [0.717, 1.165) is 17.3 Å². The number of anilines is 1. The normalized spacial score (nSPS) is 12.5. The van der Waals surface area contributed by atoms with Gasteiger partial charge in [0.2, 0.25) is 20.0 Å². The van der Waals surface area contributed by atoms with E-state index in [1.807, 2.05) is 11.6 Å². The zero-order chi connectivity index (χ0) is 35.0. The summed E-state index contributed by atoms with van der Waals surface area (Å²) in [5, 5.41) is 20.5. The summed E-state index contributed by atoms with van der Waals surface area (Å²) in [6.07, 6.45) is 6.45. The monoisotopic (exact) mass is 708 g/mol. The van der Waals surface area contributed by atoms with Crippen molar-refractivity contribution in [2.45, 2.75) is 42.1 Å². The Kier molecular flexibility index (Phi) is 11.1. The number of aromatic nitrogens is 4. The average molecular weight is 709 g/mol. The number of carbonyl (C=O) groups is 2. The third kappa shape index (κ3) is 8.88. The van der Waals surface area contributed by atoms with Gasteiger partial charge in [-0.05, 0) is 66.4 Å². The van der Waals surface area contributed by atoms with Crippen LogP contribution in [0.1, 0.15) is 30.1 Å². The minimum atomic E-state index is -4.29. The predicted molar refractivity (Wildman–Crippen MR) is 183 cm³/mol. The first-order valence-electron chi connectivity index (χ1n) is 15.4. The van der Waals surface area contributed by atoms with Crippen LogP contribution in [0, 0.1) is 0 Å². The van der Waals surface area contributed by atoms with Gasteiger partial charge >= 0.3 is 5.97 Å².